The molecule has 1 aliphatic carbocycles. The number of carboxylic acid groups (broad SMARTS) is 1. The van der Waals surface area contributed by atoms with Crippen molar-refractivity contribution in [2.75, 3.05) is 5.32 Å². The third kappa shape index (κ3) is 3.64. The summed E-state index contributed by atoms with van der Waals surface area (Å²) in [5.41, 5.74) is 6.47. The number of benzene rings is 1. The quantitative estimate of drug-likeness (QED) is 0.672. The topological polar surface area (TPSA) is 109 Å². The van der Waals surface area contributed by atoms with Crippen molar-refractivity contribution >= 4 is 23.3 Å². The Labute approximate surface area is 116 Å². The number of hydrogen-bond donors (Lipinski definition) is 3. The highest BCUT2D eigenvalue weighted by Gasteiger charge is 2.29. The van der Waals surface area contributed by atoms with Gasteiger partial charge in [0.25, 0.3) is 0 Å². The van der Waals surface area contributed by atoms with Crippen LogP contribution in [-0.2, 0) is 9.59 Å². The van der Waals surface area contributed by atoms with Crippen molar-refractivity contribution in [3.63, 3.8) is 0 Å². The summed E-state index contributed by atoms with van der Waals surface area (Å²) in [6, 6.07) is 5.24. The van der Waals surface area contributed by atoms with E-state index < -0.39 is 24.2 Å². The first kappa shape index (κ1) is 14.2. The third-order valence-corrected chi connectivity index (χ3v) is 3.12. The lowest BCUT2D eigenvalue weighted by Crippen LogP contribution is -2.32. The smallest absolute Gasteiger partial charge is 0.305 e. The van der Waals surface area contributed by atoms with Gasteiger partial charge in [-0.25, -0.2) is 0 Å². The van der Waals surface area contributed by atoms with Gasteiger partial charge in [0.05, 0.1) is 12.5 Å². The minimum Gasteiger partial charge on any atom is -0.481 e. The standard InChI is InChI=1S/C14H16N2O4/c15-11(7-12(17)18)13(19)8-3-5-10(6-4-8)16-14(20)9-1-2-9/h3-6,9,11H,1-2,7,15H2,(H,16,20)(H,17,18). The Kier molecular flexibility index (Phi) is 4.14. The summed E-state index contributed by atoms with van der Waals surface area (Å²) in [7, 11) is 0. The number of nitrogens with one attached hydrogen (secondary N) is 1. The number of rotatable bonds is 6. The van der Waals surface area contributed by atoms with Gasteiger partial charge in [-0.1, -0.05) is 0 Å². The number of amides is 1. The normalized spacial score (nSPS) is 15.4. The van der Waals surface area contributed by atoms with Crippen LogP contribution in [0.4, 0.5) is 5.69 Å². The number of hydrogen-bond acceptors (Lipinski definition) is 4. The van der Waals surface area contributed by atoms with Gasteiger partial charge in [0, 0.05) is 17.2 Å². The molecule has 0 aliphatic heterocycles. The van der Waals surface area contributed by atoms with Crippen molar-refractivity contribution in [3.8, 4) is 0 Å². The van der Waals surface area contributed by atoms with Gasteiger partial charge in [-0.15, -0.1) is 0 Å². The van der Waals surface area contributed by atoms with E-state index in [1.54, 1.807) is 12.1 Å². The van der Waals surface area contributed by atoms with Gasteiger partial charge >= 0.3 is 5.97 Å². The summed E-state index contributed by atoms with van der Waals surface area (Å²) in [4.78, 5) is 33.9. The fourth-order valence-electron chi connectivity index (χ4n) is 1.80. The van der Waals surface area contributed by atoms with E-state index >= 15 is 0 Å². The van der Waals surface area contributed by atoms with Crippen LogP contribution < -0.4 is 11.1 Å². The van der Waals surface area contributed by atoms with E-state index in [9.17, 15) is 14.4 Å². The first-order valence-electron chi connectivity index (χ1n) is 6.40. The summed E-state index contributed by atoms with van der Waals surface area (Å²) < 4.78 is 0. The van der Waals surface area contributed by atoms with E-state index in [0.29, 0.717) is 11.3 Å². The van der Waals surface area contributed by atoms with Crippen LogP contribution in [0.15, 0.2) is 24.3 Å². The SMILES string of the molecule is NC(CC(=O)O)C(=O)c1ccc(NC(=O)C2CC2)cc1. The molecule has 0 spiro atoms. The predicted molar refractivity (Wildman–Crippen MR) is 72.4 cm³/mol. The van der Waals surface area contributed by atoms with Crippen LogP contribution in [0.5, 0.6) is 0 Å². The molecular weight excluding hydrogens is 260 g/mol. The number of anilines is 1. The maximum absolute atomic E-state index is 11.9. The summed E-state index contributed by atoms with van der Waals surface area (Å²) in [5, 5.41) is 11.4. The fourth-order valence-corrected chi connectivity index (χ4v) is 1.80. The molecule has 1 aromatic rings. The molecule has 1 aromatic carbocycles. The van der Waals surface area contributed by atoms with Crippen LogP contribution in [0.2, 0.25) is 0 Å². The second-order valence-electron chi connectivity index (χ2n) is 4.91. The highest BCUT2D eigenvalue weighted by molar-refractivity contribution is 6.02. The molecule has 1 aliphatic rings. The van der Waals surface area contributed by atoms with E-state index in [-0.39, 0.29) is 11.8 Å². The van der Waals surface area contributed by atoms with Crippen LogP contribution in [0, 0.1) is 5.92 Å². The van der Waals surface area contributed by atoms with Gasteiger partial charge in [0.2, 0.25) is 5.91 Å². The number of Topliss-reactive ketones (excluding diaryl/α,β-unsaturated/α-hetero) is 1. The number of aliphatic carboxylic acids is 1. The molecule has 0 radical (unpaired) electrons. The Balaban J connectivity index is 1.98. The molecule has 1 atom stereocenters. The number of carboxylic acids is 1. The monoisotopic (exact) mass is 276 g/mol. The molecule has 0 aromatic heterocycles. The van der Waals surface area contributed by atoms with E-state index in [2.05, 4.69) is 5.32 Å². The second kappa shape index (κ2) is 5.83. The van der Waals surface area contributed by atoms with Gasteiger partial charge < -0.3 is 16.2 Å². The average molecular weight is 276 g/mol. The highest BCUT2D eigenvalue weighted by Crippen LogP contribution is 2.30. The zero-order chi connectivity index (χ0) is 14.7. The molecule has 4 N–H and O–H groups in total. The Morgan fingerprint density at radius 3 is 2.35 bits per heavy atom. The molecule has 0 saturated heterocycles. The molecule has 1 fully saturated rings. The summed E-state index contributed by atoms with van der Waals surface area (Å²) in [6.45, 7) is 0. The van der Waals surface area contributed by atoms with Crippen LogP contribution in [-0.4, -0.2) is 28.8 Å². The first-order chi connectivity index (χ1) is 9.47. The Morgan fingerprint density at radius 1 is 1.25 bits per heavy atom. The number of nitrogens with two attached hydrogens (primary N) is 1. The van der Waals surface area contributed by atoms with Crippen molar-refractivity contribution in [1.29, 1.82) is 0 Å². The molecule has 1 saturated carbocycles. The first-order valence-corrected chi connectivity index (χ1v) is 6.40. The summed E-state index contributed by atoms with van der Waals surface area (Å²) in [6.07, 6.45) is 1.44. The summed E-state index contributed by atoms with van der Waals surface area (Å²) in [5.74, 6) is -1.43. The van der Waals surface area contributed by atoms with Crippen molar-refractivity contribution < 1.29 is 19.5 Å². The molecule has 0 heterocycles. The largest absolute Gasteiger partial charge is 0.481 e. The van der Waals surface area contributed by atoms with Gasteiger partial charge in [-0.3, -0.25) is 14.4 Å². The lowest BCUT2D eigenvalue weighted by molar-refractivity contribution is -0.137. The lowest BCUT2D eigenvalue weighted by Gasteiger charge is -2.09. The van der Waals surface area contributed by atoms with Crippen molar-refractivity contribution in [2.45, 2.75) is 25.3 Å². The Bertz CT molecular complexity index is 535. The highest BCUT2D eigenvalue weighted by atomic mass is 16.4. The summed E-state index contributed by atoms with van der Waals surface area (Å²) >= 11 is 0. The molecule has 20 heavy (non-hydrogen) atoms. The number of ketones is 1. The molecule has 6 nitrogen and oxygen atoms in total. The minimum absolute atomic E-state index is 0.00773. The fraction of sp³-hybridized carbons (Fsp3) is 0.357. The van der Waals surface area contributed by atoms with Crippen LogP contribution in [0.1, 0.15) is 29.6 Å². The van der Waals surface area contributed by atoms with Crippen LogP contribution in [0.25, 0.3) is 0 Å². The molecule has 6 heteroatoms. The molecule has 2 rings (SSSR count). The maximum Gasteiger partial charge on any atom is 0.305 e. The van der Waals surface area contributed by atoms with E-state index in [0.717, 1.165) is 12.8 Å². The van der Waals surface area contributed by atoms with Gasteiger partial charge in [-0.05, 0) is 37.1 Å². The molecule has 106 valence electrons. The second-order valence-corrected chi connectivity index (χ2v) is 4.91. The third-order valence-electron chi connectivity index (χ3n) is 3.12. The zero-order valence-corrected chi connectivity index (χ0v) is 10.8. The van der Waals surface area contributed by atoms with E-state index in [4.69, 9.17) is 10.8 Å². The molecule has 0 bridgehead atoms. The van der Waals surface area contributed by atoms with E-state index in [1.165, 1.54) is 12.1 Å². The van der Waals surface area contributed by atoms with Crippen molar-refractivity contribution in [1.82, 2.24) is 0 Å². The average Bonchev–Trinajstić information content (AvgIpc) is 3.22. The van der Waals surface area contributed by atoms with Crippen molar-refractivity contribution in [3.05, 3.63) is 29.8 Å². The molecular formula is C14H16N2O4. The van der Waals surface area contributed by atoms with Crippen LogP contribution >= 0.6 is 0 Å². The molecule has 1 amide bonds. The van der Waals surface area contributed by atoms with Crippen molar-refractivity contribution in [2.24, 2.45) is 11.7 Å². The van der Waals surface area contributed by atoms with Gasteiger partial charge in [-0.2, -0.15) is 0 Å². The maximum atomic E-state index is 11.9. The minimum atomic E-state index is -1.11. The Morgan fingerprint density at radius 2 is 1.85 bits per heavy atom. The Hall–Kier alpha value is -2.21. The lowest BCUT2D eigenvalue weighted by atomic mass is 10.0. The van der Waals surface area contributed by atoms with Gasteiger partial charge in [0.15, 0.2) is 5.78 Å². The molecule has 1 unspecified atom stereocenters. The van der Waals surface area contributed by atoms with Crippen LogP contribution in [0.3, 0.4) is 0 Å². The van der Waals surface area contributed by atoms with E-state index in [1.807, 2.05) is 0 Å². The number of carbonyl (C=O) groups excluding carboxylic acids is 2. The number of carbonyl (C=O) groups is 3. The predicted octanol–water partition coefficient (Wildman–Crippen LogP) is 1.02. The zero-order valence-electron chi connectivity index (χ0n) is 10.8. The van der Waals surface area contributed by atoms with Gasteiger partial charge in [0.1, 0.15) is 0 Å².